The number of fused-ring (bicyclic) bond motifs is 1. The predicted molar refractivity (Wildman–Crippen MR) is 114 cm³/mol. The number of carbonyl (C=O) groups excluding carboxylic acids is 1. The topological polar surface area (TPSA) is 80.4 Å². The van der Waals surface area contributed by atoms with Crippen LogP contribution in [0.15, 0.2) is 47.3 Å². The van der Waals surface area contributed by atoms with Crippen LogP contribution in [0.4, 0.5) is 5.69 Å². The minimum absolute atomic E-state index is 0.0152. The lowest BCUT2D eigenvalue weighted by Gasteiger charge is -2.11. The van der Waals surface area contributed by atoms with E-state index in [1.54, 1.807) is 38.5 Å². The molecule has 1 aromatic heterocycles. The molecule has 0 radical (unpaired) electrons. The number of hydrogen-bond acceptors (Lipinski definition) is 5. The number of methoxy groups -OCH3 is 2. The second kappa shape index (κ2) is 8.84. The lowest BCUT2D eigenvalue weighted by atomic mass is 10.1. The predicted octanol–water partition coefficient (Wildman–Crippen LogP) is 3.73. The molecule has 0 aliphatic carbocycles. The molecule has 0 aliphatic heterocycles. The number of hydrogen-bond donors (Lipinski definition) is 2. The molecule has 0 atom stereocenters. The molecular weight excluding hydrogens is 376 g/mol. The summed E-state index contributed by atoms with van der Waals surface area (Å²) in [7, 11) is 3.11. The first kappa shape index (κ1) is 19.8. The van der Waals surface area contributed by atoms with Gasteiger partial charge in [-0.2, -0.15) is 0 Å². The summed E-state index contributed by atoms with van der Waals surface area (Å²) in [5.74, 6) is 1.81. The van der Waals surface area contributed by atoms with Crippen LogP contribution in [-0.4, -0.2) is 30.9 Å². The maximum Gasteiger partial charge on any atom is 0.234 e. The summed E-state index contributed by atoms with van der Waals surface area (Å²) in [6.07, 6.45) is 0. The maximum atomic E-state index is 12.3. The lowest BCUT2D eigenvalue weighted by Crippen LogP contribution is -2.15. The Morgan fingerprint density at radius 1 is 1.11 bits per heavy atom. The van der Waals surface area contributed by atoms with Crippen molar-refractivity contribution in [1.29, 1.82) is 0 Å². The largest absolute Gasteiger partial charge is 0.497 e. The van der Waals surface area contributed by atoms with Gasteiger partial charge in [-0.05, 0) is 31.2 Å². The number of thioether (sulfide) groups is 1. The zero-order chi connectivity index (χ0) is 20.1. The first-order valence-corrected chi connectivity index (χ1v) is 9.88. The standard InChI is InChI=1S/C21H22N2O4S/c1-13-4-6-17-16(8-13)19(24)9-14(22-17)11-28-12-21(25)23-18-10-15(26-2)5-7-20(18)27-3/h4-10H,11-12H2,1-3H3,(H,22,24)(H,23,25). The Morgan fingerprint density at radius 3 is 2.68 bits per heavy atom. The lowest BCUT2D eigenvalue weighted by molar-refractivity contribution is -0.113. The number of amides is 1. The third-order valence-corrected chi connectivity index (χ3v) is 5.19. The molecule has 0 bridgehead atoms. The minimum Gasteiger partial charge on any atom is -0.497 e. The monoisotopic (exact) mass is 398 g/mol. The van der Waals surface area contributed by atoms with Crippen LogP contribution >= 0.6 is 11.8 Å². The van der Waals surface area contributed by atoms with Crippen LogP contribution in [0.25, 0.3) is 10.9 Å². The number of benzene rings is 2. The highest BCUT2D eigenvalue weighted by atomic mass is 32.2. The average molecular weight is 398 g/mol. The summed E-state index contributed by atoms with van der Waals surface area (Å²) < 4.78 is 10.4. The van der Waals surface area contributed by atoms with Crippen molar-refractivity contribution in [3.8, 4) is 11.5 Å². The van der Waals surface area contributed by atoms with Gasteiger partial charge in [-0.1, -0.05) is 11.6 Å². The van der Waals surface area contributed by atoms with E-state index in [9.17, 15) is 9.59 Å². The summed E-state index contributed by atoms with van der Waals surface area (Å²) >= 11 is 1.42. The fourth-order valence-corrected chi connectivity index (χ4v) is 3.58. The van der Waals surface area contributed by atoms with E-state index in [0.29, 0.717) is 28.3 Å². The molecule has 0 saturated heterocycles. The Kier molecular flexibility index (Phi) is 6.26. The number of rotatable bonds is 7. The Morgan fingerprint density at radius 2 is 1.93 bits per heavy atom. The minimum atomic E-state index is -0.157. The van der Waals surface area contributed by atoms with Gasteiger partial charge in [-0.25, -0.2) is 0 Å². The smallest absolute Gasteiger partial charge is 0.234 e. The van der Waals surface area contributed by atoms with E-state index in [1.165, 1.54) is 11.8 Å². The quantitative estimate of drug-likeness (QED) is 0.634. The maximum absolute atomic E-state index is 12.3. The van der Waals surface area contributed by atoms with E-state index in [-0.39, 0.29) is 17.1 Å². The molecule has 6 nitrogen and oxygen atoms in total. The van der Waals surface area contributed by atoms with Crippen molar-refractivity contribution in [3.63, 3.8) is 0 Å². The molecule has 7 heteroatoms. The molecule has 0 unspecified atom stereocenters. The number of aromatic nitrogens is 1. The van der Waals surface area contributed by atoms with Gasteiger partial charge in [0.2, 0.25) is 5.91 Å². The van der Waals surface area contributed by atoms with E-state index in [4.69, 9.17) is 9.47 Å². The van der Waals surface area contributed by atoms with Crippen LogP contribution in [0.3, 0.4) is 0 Å². The Labute approximate surface area is 167 Å². The normalized spacial score (nSPS) is 10.7. The van der Waals surface area contributed by atoms with Crippen molar-refractivity contribution in [2.45, 2.75) is 12.7 Å². The Hall–Kier alpha value is -2.93. The molecule has 0 spiro atoms. The highest BCUT2D eigenvalue weighted by molar-refractivity contribution is 7.99. The highest BCUT2D eigenvalue weighted by Gasteiger charge is 2.10. The number of pyridine rings is 1. The Balaban J connectivity index is 1.62. The van der Waals surface area contributed by atoms with Crippen molar-refractivity contribution in [2.24, 2.45) is 0 Å². The summed E-state index contributed by atoms with van der Waals surface area (Å²) in [5.41, 5.74) is 3.18. The average Bonchev–Trinajstić information content (AvgIpc) is 2.68. The molecule has 1 amide bonds. The molecular formula is C21H22N2O4S. The summed E-state index contributed by atoms with van der Waals surface area (Å²) in [6.45, 7) is 1.96. The van der Waals surface area contributed by atoms with E-state index < -0.39 is 0 Å². The van der Waals surface area contributed by atoms with Gasteiger partial charge < -0.3 is 19.8 Å². The van der Waals surface area contributed by atoms with Gasteiger partial charge in [0.1, 0.15) is 11.5 Å². The molecule has 3 aromatic rings. The van der Waals surface area contributed by atoms with Gasteiger partial charge in [0, 0.05) is 34.5 Å². The molecule has 28 heavy (non-hydrogen) atoms. The number of aryl methyl sites for hydroxylation is 1. The number of H-pyrrole nitrogens is 1. The molecule has 3 rings (SSSR count). The number of carbonyl (C=O) groups is 1. The second-order valence-corrected chi connectivity index (χ2v) is 7.30. The summed E-state index contributed by atoms with van der Waals surface area (Å²) in [4.78, 5) is 27.8. The number of nitrogens with one attached hydrogen (secondary N) is 2. The Bertz CT molecular complexity index is 1060. The van der Waals surface area contributed by atoms with Crippen molar-refractivity contribution in [1.82, 2.24) is 4.98 Å². The molecule has 2 N–H and O–H groups in total. The third kappa shape index (κ3) is 4.67. The van der Waals surface area contributed by atoms with Crippen LogP contribution in [0, 0.1) is 6.92 Å². The molecule has 2 aromatic carbocycles. The van der Waals surface area contributed by atoms with Gasteiger partial charge in [0.05, 0.1) is 25.7 Å². The van der Waals surface area contributed by atoms with E-state index in [0.717, 1.165) is 16.8 Å². The highest BCUT2D eigenvalue weighted by Crippen LogP contribution is 2.29. The fourth-order valence-electron chi connectivity index (χ4n) is 2.85. The van der Waals surface area contributed by atoms with E-state index in [1.807, 2.05) is 25.1 Å². The van der Waals surface area contributed by atoms with Gasteiger partial charge in [-0.15, -0.1) is 11.8 Å². The SMILES string of the molecule is COc1ccc(OC)c(NC(=O)CSCc2cc(=O)c3cc(C)ccc3[nH]2)c1. The molecule has 1 heterocycles. The molecule has 0 saturated carbocycles. The zero-order valence-corrected chi connectivity index (χ0v) is 16.8. The second-order valence-electron chi connectivity index (χ2n) is 6.32. The third-order valence-electron chi connectivity index (χ3n) is 4.21. The number of ether oxygens (including phenoxy) is 2. The molecule has 0 fully saturated rings. The summed E-state index contributed by atoms with van der Waals surface area (Å²) in [5, 5.41) is 3.51. The van der Waals surface area contributed by atoms with Crippen molar-refractivity contribution < 1.29 is 14.3 Å². The van der Waals surface area contributed by atoms with Crippen LogP contribution in [0.1, 0.15) is 11.3 Å². The van der Waals surface area contributed by atoms with Crippen molar-refractivity contribution in [2.75, 3.05) is 25.3 Å². The first-order valence-electron chi connectivity index (χ1n) is 8.72. The van der Waals surface area contributed by atoms with Crippen molar-refractivity contribution in [3.05, 3.63) is 63.9 Å². The summed E-state index contributed by atoms with van der Waals surface area (Å²) in [6, 6.07) is 12.6. The molecule has 0 aliphatic rings. The first-order chi connectivity index (χ1) is 13.5. The zero-order valence-electron chi connectivity index (χ0n) is 16.0. The van der Waals surface area contributed by atoms with Gasteiger partial charge in [0.15, 0.2) is 5.43 Å². The van der Waals surface area contributed by atoms with Gasteiger partial charge in [-0.3, -0.25) is 9.59 Å². The van der Waals surface area contributed by atoms with Crippen LogP contribution in [0.2, 0.25) is 0 Å². The van der Waals surface area contributed by atoms with E-state index >= 15 is 0 Å². The fraction of sp³-hybridized carbons (Fsp3) is 0.238. The molecule has 146 valence electrons. The van der Waals surface area contributed by atoms with Crippen LogP contribution < -0.4 is 20.2 Å². The van der Waals surface area contributed by atoms with Gasteiger partial charge >= 0.3 is 0 Å². The number of anilines is 1. The van der Waals surface area contributed by atoms with Crippen molar-refractivity contribution >= 4 is 34.3 Å². The van der Waals surface area contributed by atoms with Gasteiger partial charge in [0.25, 0.3) is 0 Å². The van der Waals surface area contributed by atoms with Crippen LogP contribution in [-0.2, 0) is 10.5 Å². The number of aromatic amines is 1. The van der Waals surface area contributed by atoms with E-state index in [2.05, 4.69) is 10.3 Å². The van der Waals surface area contributed by atoms with Crippen LogP contribution in [0.5, 0.6) is 11.5 Å².